The summed E-state index contributed by atoms with van der Waals surface area (Å²) < 4.78 is 14.5. The van der Waals surface area contributed by atoms with Gasteiger partial charge in [0, 0.05) is 10.4 Å². The topological polar surface area (TPSA) is 17.1 Å². The Bertz CT molecular complexity index is 481. The highest BCUT2D eigenvalue weighted by Gasteiger charge is 2.28. The maximum atomic E-state index is 14.0. The Balaban J connectivity index is 2.15. The van der Waals surface area contributed by atoms with Crippen LogP contribution in [0.1, 0.15) is 49.4 Å². The molecule has 0 unspecified atom stereocenters. The fraction of sp³-hybridized carbons (Fsp3) is 0.533. The largest absolute Gasteiger partial charge is 0.294 e. The van der Waals surface area contributed by atoms with Crippen LogP contribution in [0.5, 0.6) is 0 Å². The molecular formula is C15H17BrClFO. The zero-order valence-corrected chi connectivity index (χ0v) is 13.2. The van der Waals surface area contributed by atoms with Gasteiger partial charge in [-0.05, 0) is 59.7 Å². The average molecular weight is 348 g/mol. The minimum Gasteiger partial charge on any atom is -0.294 e. The monoisotopic (exact) mass is 346 g/mol. The maximum absolute atomic E-state index is 14.0. The van der Waals surface area contributed by atoms with Crippen molar-refractivity contribution in [2.24, 2.45) is 11.8 Å². The molecule has 0 amide bonds. The second kappa shape index (κ2) is 6.36. The smallest absolute Gasteiger partial charge is 0.168 e. The van der Waals surface area contributed by atoms with Gasteiger partial charge in [-0.3, -0.25) is 4.79 Å². The number of rotatable bonds is 3. The number of hydrogen-bond acceptors (Lipinski definition) is 1. The van der Waals surface area contributed by atoms with Crippen LogP contribution in [-0.2, 0) is 0 Å². The fourth-order valence-corrected chi connectivity index (χ4v) is 3.24. The highest BCUT2D eigenvalue weighted by molar-refractivity contribution is 9.10. The number of hydrogen-bond donors (Lipinski definition) is 0. The van der Waals surface area contributed by atoms with Gasteiger partial charge in [0.25, 0.3) is 0 Å². The van der Waals surface area contributed by atoms with E-state index in [4.69, 9.17) is 11.6 Å². The maximum Gasteiger partial charge on any atom is 0.168 e. The Morgan fingerprint density at radius 2 is 2.00 bits per heavy atom. The molecule has 0 radical (unpaired) electrons. The lowest BCUT2D eigenvalue weighted by molar-refractivity contribution is 0.0867. The van der Waals surface area contributed by atoms with Crippen LogP contribution in [0.15, 0.2) is 16.6 Å². The molecule has 1 nitrogen and oxygen atoms in total. The van der Waals surface area contributed by atoms with Crippen LogP contribution in [0.4, 0.5) is 4.39 Å². The Morgan fingerprint density at radius 1 is 1.37 bits per heavy atom. The molecule has 104 valence electrons. The number of ketones is 1. The molecule has 0 N–H and O–H groups in total. The molecule has 1 aliphatic carbocycles. The van der Waals surface area contributed by atoms with Crippen molar-refractivity contribution in [3.63, 3.8) is 0 Å². The number of benzene rings is 1. The van der Waals surface area contributed by atoms with Crippen LogP contribution in [-0.4, -0.2) is 5.78 Å². The van der Waals surface area contributed by atoms with Crippen LogP contribution in [0.25, 0.3) is 0 Å². The minimum absolute atomic E-state index is 0.00639. The van der Waals surface area contributed by atoms with E-state index in [0.717, 1.165) is 31.6 Å². The van der Waals surface area contributed by atoms with E-state index in [1.54, 1.807) is 6.07 Å². The van der Waals surface area contributed by atoms with Crippen LogP contribution in [0, 0.1) is 17.7 Å². The summed E-state index contributed by atoms with van der Waals surface area (Å²) in [5, 5.41) is -0.00639. The molecule has 19 heavy (non-hydrogen) atoms. The molecule has 2 rings (SSSR count). The van der Waals surface area contributed by atoms with Crippen LogP contribution < -0.4 is 0 Å². The van der Waals surface area contributed by atoms with E-state index in [9.17, 15) is 9.18 Å². The predicted octanol–water partition coefficient (Wildman–Crippen LogP) is 5.64. The third-order valence-corrected chi connectivity index (χ3v) is 5.35. The Morgan fingerprint density at radius 3 is 2.58 bits per heavy atom. The summed E-state index contributed by atoms with van der Waals surface area (Å²) in [6.45, 7) is 2.18. The number of carbonyl (C=O) groups is 1. The summed E-state index contributed by atoms with van der Waals surface area (Å²) in [4.78, 5) is 12.4. The standard InChI is InChI=1S/C15H17BrClFO/c1-2-9-3-5-10(6-4-9)15(19)11-7-8-12(16)13(17)14(11)18/h7-10H,2-6H2,1H3. The van der Waals surface area contributed by atoms with Crippen LogP contribution in [0.3, 0.4) is 0 Å². The van der Waals surface area contributed by atoms with Crippen molar-refractivity contribution in [2.75, 3.05) is 0 Å². The first kappa shape index (κ1) is 15.0. The van der Waals surface area contributed by atoms with Crippen molar-refractivity contribution >= 4 is 33.3 Å². The van der Waals surface area contributed by atoms with Crippen LogP contribution >= 0.6 is 27.5 Å². The summed E-state index contributed by atoms with van der Waals surface area (Å²) in [6.07, 6.45) is 5.03. The molecule has 0 aliphatic heterocycles. The molecule has 0 saturated heterocycles. The molecule has 1 aromatic carbocycles. The lowest BCUT2D eigenvalue weighted by atomic mass is 9.78. The fourth-order valence-electron chi connectivity index (χ4n) is 2.77. The van der Waals surface area contributed by atoms with Gasteiger partial charge < -0.3 is 0 Å². The third kappa shape index (κ3) is 3.19. The molecule has 0 aromatic heterocycles. The van der Waals surface area contributed by atoms with Gasteiger partial charge in [-0.25, -0.2) is 4.39 Å². The molecule has 0 heterocycles. The van der Waals surface area contributed by atoms with Gasteiger partial charge in [0.2, 0.25) is 0 Å². The first-order valence-electron chi connectivity index (χ1n) is 6.72. The van der Waals surface area contributed by atoms with Gasteiger partial charge in [-0.15, -0.1) is 0 Å². The van der Waals surface area contributed by atoms with E-state index in [1.807, 2.05) is 0 Å². The van der Waals surface area contributed by atoms with Crippen molar-refractivity contribution in [1.29, 1.82) is 0 Å². The molecule has 1 saturated carbocycles. The minimum atomic E-state index is -0.598. The zero-order chi connectivity index (χ0) is 14.0. The zero-order valence-electron chi connectivity index (χ0n) is 10.9. The molecule has 0 atom stereocenters. The second-order valence-corrected chi connectivity index (χ2v) is 6.45. The number of Topliss-reactive ketones (excluding diaryl/α,β-unsaturated/α-hetero) is 1. The predicted molar refractivity (Wildman–Crippen MR) is 79.2 cm³/mol. The summed E-state index contributed by atoms with van der Waals surface area (Å²) >= 11 is 9.00. The highest BCUT2D eigenvalue weighted by atomic mass is 79.9. The summed E-state index contributed by atoms with van der Waals surface area (Å²) in [5.74, 6) is -0.0166. The molecule has 1 aliphatic rings. The van der Waals surface area contributed by atoms with Gasteiger partial charge >= 0.3 is 0 Å². The molecule has 0 spiro atoms. The van der Waals surface area contributed by atoms with Crippen molar-refractivity contribution in [3.05, 3.63) is 33.0 Å². The molecule has 0 bridgehead atoms. The van der Waals surface area contributed by atoms with Gasteiger partial charge in [-0.1, -0.05) is 24.9 Å². The third-order valence-electron chi connectivity index (χ3n) is 4.10. The average Bonchev–Trinajstić information content (AvgIpc) is 2.44. The van der Waals surface area contributed by atoms with Crippen molar-refractivity contribution in [2.45, 2.75) is 39.0 Å². The van der Waals surface area contributed by atoms with Crippen molar-refractivity contribution in [3.8, 4) is 0 Å². The first-order valence-corrected chi connectivity index (χ1v) is 7.89. The van der Waals surface area contributed by atoms with Crippen molar-refractivity contribution in [1.82, 2.24) is 0 Å². The Kier molecular flexibility index (Phi) is 5.02. The van der Waals surface area contributed by atoms with E-state index in [2.05, 4.69) is 22.9 Å². The summed E-state index contributed by atoms with van der Waals surface area (Å²) in [7, 11) is 0. The summed E-state index contributed by atoms with van der Waals surface area (Å²) in [6, 6.07) is 3.16. The lowest BCUT2D eigenvalue weighted by Crippen LogP contribution is -2.22. The first-order chi connectivity index (χ1) is 9.04. The van der Waals surface area contributed by atoms with Crippen LogP contribution in [0.2, 0.25) is 5.02 Å². The van der Waals surface area contributed by atoms with E-state index < -0.39 is 5.82 Å². The quantitative estimate of drug-likeness (QED) is 0.511. The molecule has 4 heteroatoms. The van der Waals surface area contributed by atoms with Gasteiger partial charge in [0.05, 0.1) is 10.6 Å². The SMILES string of the molecule is CCC1CCC(C(=O)c2ccc(Br)c(Cl)c2F)CC1. The van der Waals surface area contributed by atoms with Gasteiger partial charge in [0.1, 0.15) is 0 Å². The molecule has 1 fully saturated rings. The Labute approximate surface area is 126 Å². The lowest BCUT2D eigenvalue weighted by Gasteiger charge is -2.27. The van der Waals surface area contributed by atoms with E-state index in [-0.39, 0.29) is 22.3 Å². The number of carbonyl (C=O) groups excluding carboxylic acids is 1. The van der Waals surface area contributed by atoms with Crippen molar-refractivity contribution < 1.29 is 9.18 Å². The normalized spacial score (nSPS) is 23.4. The summed E-state index contributed by atoms with van der Waals surface area (Å²) in [5.41, 5.74) is 0.133. The van der Waals surface area contributed by atoms with Gasteiger partial charge in [-0.2, -0.15) is 0 Å². The van der Waals surface area contributed by atoms with E-state index in [0.29, 0.717) is 4.47 Å². The highest BCUT2D eigenvalue weighted by Crippen LogP contribution is 2.35. The Hall–Kier alpha value is -0.410. The second-order valence-electron chi connectivity index (χ2n) is 5.21. The molecule has 1 aromatic rings. The van der Waals surface area contributed by atoms with E-state index >= 15 is 0 Å². The van der Waals surface area contributed by atoms with Gasteiger partial charge in [0.15, 0.2) is 11.6 Å². The number of halogens is 3. The van der Waals surface area contributed by atoms with E-state index in [1.165, 1.54) is 12.5 Å². The molecular weight excluding hydrogens is 331 g/mol.